The van der Waals surface area contributed by atoms with E-state index in [1.165, 1.54) is 17.2 Å². The number of fused-ring (bicyclic) bond motifs is 2. The van der Waals surface area contributed by atoms with Gasteiger partial charge in [-0.1, -0.05) is 46.9 Å². The van der Waals surface area contributed by atoms with E-state index in [0.29, 0.717) is 31.8 Å². The number of pyridine rings is 1. The third-order valence-corrected chi connectivity index (χ3v) is 5.65. The smallest absolute Gasteiger partial charge is 0.296 e. The summed E-state index contributed by atoms with van der Waals surface area (Å²) in [5, 5.41) is 1.60. The molecule has 0 radical (unpaired) electrons. The molecule has 0 bridgehead atoms. The number of anilines is 1. The molecular weight excluding hydrogens is 447 g/mol. The van der Waals surface area contributed by atoms with Crippen molar-refractivity contribution in [2.24, 2.45) is 0 Å². The van der Waals surface area contributed by atoms with Crippen molar-refractivity contribution >= 4 is 57.5 Å². The van der Waals surface area contributed by atoms with Gasteiger partial charge in [0.25, 0.3) is 5.91 Å². The van der Waals surface area contributed by atoms with Gasteiger partial charge in [-0.3, -0.25) is 14.5 Å². The van der Waals surface area contributed by atoms with Gasteiger partial charge in [-0.05, 0) is 48.0 Å². The molecule has 1 aliphatic rings. The maximum absolute atomic E-state index is 13.4. The Morgan fingerprint density at radius 1 is 0.900 bits per heavy atom. The van der Waals surface area contributed by atoms with E-state index >= 15 is 0 Å². The van der Waals surface area contributed by atoms with Gasteiger partial charge in [0.1, 0.15) is 11.4 Å². The highest BCUT2D eigenvalue weighted by molar-refractivity contribution is 6.31. The molecule has 5 rings (SSSR count). The number of aromatic nitrogens is 1. The van der Waals surface area contributed by atoms with Crippen LogP contribution >= 0.6 is 34.8 Å². The van der Waals surface area contributed by atoms with Gasteiger partial charge < -0.3 is 4.42 Å². The minimum atomic E-state index is -0.764. The first-order chi connectivity index (χ1) is 14.4. The van der Waals surface area contributed by atoms with Gasteiger partial charge in [0.15, 0.2) is 5.43 Å². The maximum atomic E-state index is 13.4. The number of amides is 1. The quantitative estimate of drug-likeness (QED) is 0.376. The summed E-state index contributed by atoms with van der Waals surface area (Å²) in [5.41, 5.74) is 0.824. The molecule has 0 spiro atoms. The van der Waals surface area contributed by atoms with Gasteiger partial charge in [-0.25, -0.2) is 4.98 Å². The van der Waals surface area contributed by atoms with Crippen molar-refractivity contribution in [1.29, 1.82) is 0 Å². The van der Waals surface area contributed by atoms with Crippen molar-refractivity contribution in [3.63, 3.8) is 0 Å². The molecule has 0 saturated heterocycles. The molecule has 1 unspecified atom stereocenters. The van der Waals surface area contributed by atoms with Crippen LogP contribution in [0.1, 0.15) is 27.7 Å². The van der Waals surface area contributed by atoms with Crippen molar-refractivity contribution in [2.75, 3.05) is 4.90 Å². The van der Waals surface area contributed by atoms with Crippen LogP contribution in [0.15, 0.2) is 70.0 Å². The van der Waals surface area contributed by atoms with Gasteiger partial charge in [-0.2, -0.15) is 0 Å². The Morgan fingerprint density at radius 2 is 1.67 bits per heavy atom. The molecule has 1 amide bonds. The highest BCUT2D eigenvalue weighted by atomic mass is 35.5. The zero-order valence-corrected chi connectivity index (χ0v) is 17.4. The number of benzene rings is 2. The summed E-state index contributed by atoms with van der Waals surface area (Å²) in [4.78, 5) is 32.5. The second-order valence-corrected chi connectivity index (χ2v) is 8.09. The van der Waals surface area contributed by atoms with Crippen molar-refractivity contribution < 1.29 is 9.21 Å². The molecule has 148 valence electrons. The second-order valence-electron chi connectivity index (χ2n) is 6.78. The Labute approximate surface area is 185 Å². The van der Waals surface area contributed by atoms with Crippen molar-refractivity contribution in [3.8, 4) is 0 Å². The minimum Gasteiger partial charge on any atom is -0.450 e. The van der Waals surface area contributed by atoms with Crippen molar-refractivity contribution in [1.82, 2.24) is 4.98 Å². The maximum Gasteiger partial charge on any atom is 0.296 e. The average Bonchev–Trinajstić information content (AvgIpc) is 3.02. The van der Waals surface area contributed by atoms with Crippen LogP contribution < -0.4 is 10.3 Å². The zero-order valence-electron chi connectivity index (χ0n) is 15.1. The zero-order chi connectivity index (χ0) is 21.0. The predicted octanol–water partition coefficient (Wildman–Crippen LogP) is 5.90. The number of rotatable bonds is 2. The Bertz CT molecular complexity index is 1380. The van der Waals surface area contributed by atoms with E-state index < -0.39 is 11.9 Å². The molecule has 1 aliphatic heterocycles. The fourth-order valence-electron chi connectivity index (χ4n) is 3.68. The summed E-state index contributed by atoms with van der Waals surface area (Å²) in [6.07, 6.45) is 1.44. The monoisotopic (exact) mass is 456 g/mol. The van der Waals surface area contributed by atoms with E-state index in [2.05, 4.69) is 4.98 Å². The molecule has 0 saturated carbocycles. The summed E-state index contributed by atoms with van der Waals surface area (Å²) in [7, 11) is 0. The lowest BCUT2D eigenvalue weighted by Crippen LogP contribution is -2.30. The van der Waals surface area contributed by atoms with Crippen LogP contribution in [0.2, 0.25) is 15.1 Å². The molecule has 0 fully saturated rings. The van der Waals surface area contributed by atoms with E-state index in [4.69, 9.17) is 39.2 Å². The molecule has 2 aromatic heterocycles. The molecule has 0 aliphatic carbocycles. The van der Waals surface area contributed by atoms with E-state index in [-0.39, 0.29) is 22.3 Å². The highest BCUT2D eigenvalue weighted by Gasteiger charge is 2.44. The number of carbonyl (C=O) groups excluding carboxylic acids is 1. The van der Waals surface area contributed by atoms with Gasteiger partial charge in [-0.15, -0.1) is 0 Å². The number of hydrogen-bond acceptors (Lipinski definition) is 4. The Hall–Kier alpha value is -2.86. The first-order valence-electron chi connectivity index (χ1n) is 8.91. The normalized spacial score (nSPS) is 15.6. The van der Waals surface area contributed by atoms with Crippen LogP contribution in [0.4, 0.5) is 5.82 Å². The third-order valence-electron chi connectivity index (χ3n) is 4.96. The largest absolute Gasteiger partial charge is 0.450 e. The Kier molecular flexibility index (Phi) is 4.54. The number of hydrogen-bond donors (Lipinski definition) is 0. The fourth-order valence-corrected chi connectivity index (χ4v) is 4.17. The van der Waals surface area contributed by atoms with E-state index in [9.17, 15) is 9.59 Å². The molecule has 1 atom stereocenters. The summed E-state index contributed by atoms with van der Waals surface area (Å²) in [6, 6.07) is 14.2. The lowest BCUT2D eigenvalue weighted by Gasteiger charge is -2.24. The van der Waals surface area contributed by atoms with Crippen molar-refractivity contribution in [2.45, 2.75) is 6.04 Å². The molecule has 5 nitrogen and oxygen atoms in total. The van der Waals surface area contributed by atoms with E-state index in [1.54, 1.807) is 48.5 Å². The number of carbonyl (C=O) groups is 1. The standard InChI is InChI=1S/C22H11Cl3N2O3/c23-12-3-1-2-11(8-12)19-18-20(28)15-9-13(24)4-6-16(15)30-21(18)22(29)27(19)17-7-5-14(25)10-26-17/h1-10,19H. The lowest BCUT2D eigenvalue weighted by atomic mass is 9.98. The Balaban J connectivity index is 1.83. The van der Waals surface area contributed by atoms with E-state index in [1.807, 2.05) is 0 Å². The van der Waals surface area contributed by atoms with Crippen LogP contribution in [-0.2, 0) is 0 Å². The first kappa shape index (κ1) is 19.1. The van der Waals surface area contributed by atoms with Crippen LogP contribution in [0.25, 0.3) is 11.0 Å². The first-order valence-corrected chi connectivity index (χ1v) is 10.0. The van der Waals surface area contributed by atoms with Gasteiger partial charge in [0, 0.05) is 16.2 Å². The minimum absolute atomic E-state index is 0.0310. The Morgan fingerprint density at radius 3 is 2.40 bits per heavy atom. The fraction of sp³-hybridized carbons (Fsp3) is 0.0455. The molecule has 0 N–H and O–H groups in total. The van der Waals surface area contributed by atoms with Crippen LogP contribution in [-0.4, -0.2) is 10.9 Å². The number of nitrogens with zero attached hydrogens (tertiary/aromatic N) is 2. The lowest BCUT2D eigenvalue weighted by molar-refractivity contribution is 0.0970. The molecule has 30 heavy (non-hydrogen) atoms. The van der Waals surface area contributed by atoms with Crippen LogP contribution in [0, 0.1) is 0 Å². The van der Waals surface area contributed by atoms with Crippen LogP contribution in [0.5, 0.6) is 0 Å². The van der Waals surface area contributed by atoms with Gasteiger partial charge >= 0.3 is 0 Å². The summed E-state index contributed by atoms with van der Waals surface area (Å²) in [6.45, 7) is 0. The van der Waals surface area contributed by atoms with Crippen molar-refractivity contribution in [3.05, 3.63) is 103 Å². The third kappa shape index (κ3) is 2.98. The highest BCUT2D eigenvalue weighted by Crippen LogP contribution is 2.41. The summed E-state index contributed by atoms with van der Waals surface area (Å²) >= 11 is 18.3. The second kappa shape index (κ2) is 7.13. The van der Waals surface area contributed by atoms with E-state index in [0.717, 1.165) is 0 Å². The number of halogens is 3. The molecule has 3 heterocycles. The molecule has 2 aromatic carbocycles. The molecule has 8 heteroatoms. The topological polar surface area (TPSA) is 63.4 Å². The predicted molar refractivity (Wildman–Crippen MR) is 117 cm³/mol. The van der Waals surface area contributed by atoms with Gasteiger partial charge in [0.05, 0.1) is 22.0 Å². The summed E-state index contributed by atoms with van der Waals surface area (Å²) < 4.78 is 5.87. The van der Waals surface area contributed by atoms with Crippen LogP contribution in [0.3, 0.4) is 0 Å². The summed E-state index contributed by atoms with van der Waals surface area (Å²) in [5.74, 6) is -0.169. The van der Waals surface area contributed by atoms with Gasteiger partial charge in [0.2, 0.25) is 5.76 Å². The SMILES string of the molecule is O=C1c2oc3ccc(Cl)cc3c(=O)c2C(c2cccc(Cl)c2)N1c1ccc(Cl)cn1. The molecule has 4 aromatic rings. The molecular formula is C22H11Cl3N2O3. The average molecular weight is 458 g/mol.